The molecule has 0 saturated carbocycles. The number of amides is 2. The molecule has 0 radical (unpaired) electrons. The molecule has 166 valence electrons. The maximum Gasteiger partial charge on any atom is 0.412 e. The van der Waals surface area contributed by atoms with E-state index in [4.69, 9.17) is 4.74 Å². The first-order chi connectivity index (χ1) is 14.7. The summed E-state index contributed by atoms with van der Waals surface area (Å²) in [5.41, 5.74) is 2.65. The largest absolute Gasteiger partial charge is 0.444 e. The van der Waals surface area contributed by atoms with Crippen LogP contribution in [-0.2, 0) is 11.3 Å². The molecular weight excluding hydrogens is 392 g/mol. The molecule has 7 heteroatoms. The van der Waals surface area contributed by atoms with Crippen molar-refractivity contribution < 1.29 is 14.3 Å². The second-order valence-electron chi connectivity index (χ2n) is 8.81. The fraction of sp³-hybridized carbons (Fsp3) is 0.417. The van der Waals surface area contributed by atoms with Crippen molar-refractivity contribution >= 4 is 23.4 Å². The summed E-state index contributed by atoms with van der Waals surface area (Å²) < 4.78 is 5.27. The zero-order valence-electron chi connectivity index (χ0n) is 18.8. The zero-order chi connectivity index (χ0) is 22.4. The van der Waals surface area contributed by atoms with Gasteiger partial charge in [0, 0.05) is 49.7 Å². The Balaban J connectivity index is 1.62. The number of para-hydroxylation sites is 1. The molecule has 2 aromatic rings. The van der Waals surface area contributed by atoms with Crippen molar-refractivity contribution in [2.45, 2.75) is 32.9 Å². The number of piperazine rings is 1. The molecule has 3 rings (SSSR count). The minimum absolute atomic E-state index is 0.194. The van der Waals surface area contributed by atoms with Gasteiger partial charge in [-0.2, -0.15) is 0 Å². The van der Waals surface area contributed by atoms with Crippen LogP contribution in [0.2, 0.25) is 0 Å². The van der Waals surface area contributed by atoms with Gasteiger partial charge >= 0.3 is 6.09 Å². The normalized spacial score (nSPS) is 14.8. The third-order valence-corrected chi connectivity index (χ3v) is 5.05. The van der Waals surface area contributed by atoms with Crippen molar-refractivity contribution in [3.63, 3.8) is 0 Å². The standard InChI is InChI=1S/C24H32N4O3/c1-24(2,3)31-23(30)26-20-10-7-9-18(16-20)22(29)25-17-19-8-5-6-11-21(19)28-14-12-27(4)13-15-28/h5-11,16H,12-15,17H2,1-4H3,(H,25,29)(H,26,30). The number of rotatable bonds is 5. The number of benzene rings is 2. The van der Waals surface area contributed by atoms with E-state index in [0.29, 0.717) is 17.8 Å². The average molecular weight is 425 g/mol. The Hall–Kier alpha value is -3.06. The molecule has 0 spiro atoms. The van der Waals surface area contributed by atoms with Gasteiger partial charge < -0.3 is 19.9 Å². The fourth-order valence-electron chi connectivity index (χ4n) is 3.45. The molecule has 2 aromatic carbocycles. The van der Waals surface area contributed by atoms with Crippen molar-refractivity contribution in [3.8, 4) is 0 Å². The van der Waals surface area contributed by atoms with Gasteiger partial charge in [-0.3, -0.25) is 10.1 Å². The molecule has 0 unspecified atom stereocenters. The van der Waals surface area contributed by atoms with E-state index in [1.54, 1.807) is 45.0 Å². The summed E-state index contributed by atoms with van der Waals surface area (Å²) in [4.78, 5) is 29.4. The lowest BCUT2D eigenvalue weighted by Gasteiger charge is -2.35. The number of nitrogens with zero attached hydrogens (tertiary/aromatic N) is 2. The Morgan fingerprint density at radius 2 is 1.71 bits per heavy atom. The smallest absolute Gasteiger partial charge is 0.412 e. The molecule has 1 aliphatic heterocycles. The van der Waals surface area contributed by atoms with Crippen LogP contribution in [0.5, 0.6) is 0 Å². The topological polar surface area (TPSA) is 73.9 Å². The lowest BCUT2D eigenvalue weighted by Crippen LogP contribution is -2.45. The van der Waals surface area contributed by atoms with E-state index in [-0.39, 0.29) is 5.91 Å². The number of ether oxygens (including phenoxy) is 1. The van der Waals surface area contributed by atoms with E-state index >= 15 is 0 Å². The van der Waals surface area contributed by atoms with Crippen molar-refractivity contribution in [1.82, 2.24) is 10.2 Å². The Bertz CT molecular complexity index is 915. The van der Waals surface area contributed by atoms with Gasteiger partial charge in [0.1, 0.15) is 5.60 Å². The molecule has 1 aliphatic rings. The van der Waals surface area contributed by atoms with Gasteiger partial charge in [0.25, 0.3) is 5.91 Å². The zero-order valence-corrected chi connectivity index (χ0v) is 18.8. The molecular formula is C24H32N4O3. The van der Waals surface area contributed by atoms with Crippen LogP contribution in [0, 0.1) is 0 Å². The van der Waals surface area contributed by atoms with Crippen LogP contribution >= 0.6 is 0 Å². The first-order valence-electron chi connectivity index (χ1n) is 10.6. The van der Waals surface area contributed by atoms with Crippen LogP contribution < -0.4 is 15.5 Å². The van der Waals surface area contributed by atoms with E-state index in [2.05, 4.69) is 39.6 Å². The second-order valence-corrected chi connectivity index (χ2v) is 8.81. The number of hydrogen-bond acceptors (Lipinski definition) is 5. The minimum Gasteiger partial charge on any atom is -0.444 e. The molecule has 1 fully saturated rings. The molecule has 0 aliphatic carbocycles. The van der Waals surface area contributed by atoms with Crippen LogP contribution in [0.1, 0.15) is 36.7 Å². The number of carbonyl (C=O) groups excluding carboxylic acids is 2. The van der Waals surface area contributed by atoms with Gasteiger partial charge in [-0.1, -0.05) is 24.3 Å². The summed E-state index contributed by atoms with van der Waals surface area (Å²) in [5.74, 6) is -0.194. The van der Waals surface area contributed by atoms with Crippen LogP contribution in [0.3, 0.4) is 0 Å². The Morgan fingerprint density at radius 3 is 2.42 bits per heavy atom. The molecule has 7 nitrogen and oxygen atoms in total. The molecule has 0 bridgehead atoms. The lowest BCUT2D eigenvalue weighted by molar-refractivity contribution is 0.0635. The second kappa shape index (κ2) is 9.83. The summed E-state index contributed by atoms with van der Waals surface area (Å²) in [6, 6.07) is 15.0. The van der Waals surface area contributed by atoms with Crippen molar-refractivity contribution in [2.24, 2.45) is 0 Å². The molecule has 0 aromatic heterocycles. The highest BCUT2D eigenvalue weighted by Crippen LogP contribution is 2.22. The summed E-state index contributed by atoms with van der Waals surface area (Å²) >= 11 is 0. The quantitative estimate of drug-likeness (QED) is 0.765. The third kappa shape index (κ3) is 6.72. The number of carbonyl (C=O) groups is 2. The Labute approximate surface area is 184 Å². The summed E-state index contributed by atoms with van der Waals surface area (Å²) in [6.45, 7) is 9.84. The van der Waals surface area contributed by atoms with Gasteiger partial charge in [-0.25, -0.2) is 4.79 Å². The van der Waals surface area contributed by atoms with Crippen LogP contribution in [0.15, 0.2) is 48.5 Å². The molecule has 1 heterocycles. The van der Waals surface area contributed by atoms with Crippen LogP contribution in [0.25, 0.3) is 0 Å². The maximum absolute atomic E-state index is 12.7. The van der Waals surface area contributed by atoms with Gasteiger partial charge in [-0.15, -0.1) is 0 Å². The van der Waals surface area contributed by atoms with Crippen molar-refractivity contribution in [2.75, 3.05) is 43.4 Å². The van der Waals surface area contributed by atoms with E-state index < -0.39 is 11.7 Å². The average Bonchev–Trinajstić information content (AvgIpc) is 2.71. The summed E-state index contributed by atoms with van der Waals surface area (Å²) in [6.07, 6.45) is -0.550. The van der Waals surface area contributed by atoms with Crippen LogP contribution in [0.4, 0.5) is 16.2 Å². The first kappa shape index (κ1) is 22.6. The Kier molecular flexibility index (Phi) is 7.17. The molecule has 1 saturated heterocycles. The summed E-state index contributed by atoms with van der Waals surface area (Å²) in [5, 5.41) is 5.67. The predicted octanol–water partition coefficient (Wildman–Crippen LogP) is 3.72. The SMILES string of the molecule is CN1CCN(c2ccccc2CNC(=O)c2cccc(NC(=O)OC(C)(C)C)c2)CC1. The third-order valence-electron chi connectivity index (χ3n) is 5.05. The van der Waals surface area contributed by atoms with Gasteiger partial charge in [0.2, 0.25) is 0 Å². The molecule has 0 atom stereocenters. The molecule has 31 heavy (non-hydrogen) atoms. The van der Waals surface area contributed by atoms with Crippen LogP contribution in [-0.4, -0.2) is 55.7 Å². The fourth-order valence-corrected chi connectivity index (χ4v) is 3.45. The lowest BCUT2D eigenvalue weighted by atomic mass is 10.1. The number of nitrogens with one attached hydrogen (secondary N) is 2. The molecule has 2 amide bonds. The van der Waals surface area contributed by atoms with E-state index in [9.17, 15) is 9.59 Å². The van der Waals surface area contributed by atoms with E-state index in [1.165, 1.54) is 0 Å². The van der Waals surface area contributed by atoms with E-state index in [1.807, 2.05) is 12.1 Å². The maximum atomic E-state index is 12.7. The highest BCUT2D eigenvalue weighted by Gasteiger charge is 2.18. The van der Waals surface area contributed by atoms with Crippen molar-refractivity contribution in [1.29, 1.82) is 0 Å². The minimum atomic E-state index is -0.587. The van der Waals surface area contributed by atoms with Gasteiger partial charge in [-0.05, 0) is 57.6 Å². The van der Waals surface area contributed by atoms with Gasteiger partial charge in [0.15, 0.2) is 0 Å². The Morgan fingerprint density at radius 1 is 1.00 bits per heavy atom. The number of hydrogen-bond donors (Lipinski definition) is 2. The number of anilines is 2. The number of likely N-dealkylation sites (N-methyl/N-ethyl adjacent to an activating group) is 1. The van der Waals surface area contributed by atoms with Gasteiger partial charge in [0.05, 0.1) is 0 Å². The monoisotopic (exact) mass is 424 g/mol. The highest BCUT2D eigenvalue weighted by atomic mass is 16.6. The van der Waals surface area contributed by atoms with E-state index in [0.717, 1.165) is 37.4 Å². The highest BCUT2D eigenvalue weighted by molar-refractivity contribution is 5.96. The molecule has 2 N–H and O–H groups in total. The first-order valence-corrected chi connectivity index (χ1v) is 10.6. The van der Waals surface area contributed by atoms with Crippen molar-refractivity contribution in [3.05, 3.63) is 59.7 Å². The predicted molar refractivity (Wildman–Crippen MR) is 124 cm³/mol. The summed E-state index contributed by atoms with van der Waals surface area (Å²) in [7, 11) is 2.13.